The standard InChI is InChI=1S/C12H16O4/c1-2-15-12(14)10-4-6-11(7-5-10)16-9-3-8-13/h4-7,13H,2-3,8-9H2,1H3. The lowest BCUT2D eigenvalue weighted by Gasteiger charge is -2.06. The fraction of sp³-hybridized carbons (Fsp3) is 0.417. The first-order valence-corrected chi connectivity index (χ1v) is 5.28. The van der Waals surface area contributed by atoms with Crippen LogP contribution in [0.25, 0.3) is 0 Å². The van der Waals surface area contributed by atoms with Gasteiger partial charge in [-0.1, -0.05) is 0 Å². The zero-order valence-electron chi connectivity index (χ0n) is 9.31. The second-order valence-electron chi connectivity index (χ2n) is 3.17. The van der Waals surface area contributed by atoms with Crippen molar-refractivity contribution >= 4 is 5.97 Å². The molecule has 1 N–H and O–H groups in total. The van der Waals surface area contributed by atoms with Crippen molar-refractivity contribution < 1.29 is 19.4 Å². The molecule has 0 radical (unpaired) electrons. The molecule has 0 aliphatic carbocycles. The van der Waals surface area contributed by atoms with Gasteiger partial charge >= 0.3 is 5.97 Å². The minimum atomic E-state index is -0.329. The molecule has 4 heteroatoms. The van der Waals surface area contributed by atoms with Crippen molar-refractivity contribution in [1.82, 2.24) is 0 Å². The van der Waals surface area contributed by atoms with E-state index in [9.17, 15) is 4.79 Å². The summed E-state index contributed by atoms with van der Waals surface area (Å²) in [6.07, 6.45) is 0.597. The third kappa shape index (κ3) is 3.90. The smallest absolute Gasteiger partial charge is 0.338 e. The van der Waals surface area contributed by atoms with Crippen molar-refractivity contribution in [3.05, 3.63) is 29.8 Å². The molecule has 0 atom stereocenters. The van der Waals surface area contributed by atoms with Crippen LogP contribution in [-0.4, -0.2) is 30.9 Å². The normalized spacial score (nSPS) is 9.88. The Morgan fingerprint density at radius 2 is 2.00 bits per heavy atom. The molecule has 0 unspecified atom stereocenters. The molecule has 1 aromatic carbocycles. The van der Waals surface area contributed by atoms with E-state index in [0.717, 1.165) is 0 Å². The van der Waals surface area contributed by atoms with Gasteiger partial charge in [0.05, 0.1) is 18.8 Å². The Morgan fingerprint density at radius 1 is 1.31 bits per heavy atom. The molecule has 4 nitrogen and oxygen atoms in total. The van der Waals surface area contributed by atoms with Crippen LogP contribution in [-0.2, 0) is 4.74 Å². The van der Waals surface area contributed by atoms with Gasteiger partial charge in [0.25, 0.3) is 0 Å². The van der Waals surface area contributed by atoms with Crippen LogP contribution in [0.3, 0.4) is 0 Å². The van der Waals surface area contributed by atoms with Crippen molar-refractivity contribution in [2.45, 2.75) is 13.3 Å². The highest BCUT2D eigenvalue weighted by molar-refractivity contribution is 5.89. The molecule has 1 aromatic rings. The fourth-order valence-corrected chi connectivity index (χ4v) is 1.16. The van der Waals surface area contributed by atoms with Crippen LogP contribution < -0.4 is 4.74 Å². The van der Waals surface area contributed by atoms with Gasteiger partial charge in [-0.2, -0.15) is 0 Å². The van der Waals surface area contributed by atoms with E-state index in [0.29, 0.717) is 30.9 Å². The summed E-state index contributed by atoms with van der Waals surface area (Å²) in [5.41, 5.74) is 0.511. The van der Waals surface area contributed by atoms with E-state index in [4.69, 9.17) is 14.6 Å². The first kappa shape index (κ1) is 12.5. The Morgan fingerprint density at radius 3 is 2.56 bits per heavy atom. The largest absolute Gasteiger partial charge is 0.494 e. The summed E-state index contributed by atoms with van der Waals surface area (Å²) in [7, 11) is 0. The third-order valence-electron chi connectivity index (χ3n) is 1.94. The number of hydrogen-bond acceptors (Lipinski definition) is 4. The Balaban J connectivity index is 2.50. The molecule has 0 aliphatic rings. The molecule has 0 heterocycles. The second-order valence-corrected chi connectivity index (χ2v) is 3.17. The SMILES string of the molecule is CCOC(=O)c1ccc(OCCCO)cc1. The van der Waals surface area contributed by atoms with Gasteiger partial charge < -0.3 is 14.6 Å². The van der Waals surface area contributed by atoms with E-state index >= 15 is 0 Å². The van der Waals surface area contributed by atoms with Crippen LogP contribution in [0.15, 0.2) is 24.3 Å². The van der Waals surface area contributed by atoms with Crippen molar-refractivity contribution in [2.75, 3.05) is 19.8 Å². The summed E-state index contributed by atoms with van der Waals surface area (Å²) in [6.45, 7) is 2.72. The lowest BCUT2D eigenvalue weighted by atomic mass is 10.2. The average Bonchev–Trinajstić information content (AvgIpc) is 2.30. The van der Waals surface area contributed by atoms with Crippen LogP contribution in [0.5, 0.6) is 5.75 Å². The van der Waals surface area contributed by atoms with E-state index in [1.807, 2.05) is 0 Å². The summed E-state index contributed by atoms with van der Waals surface area (Å²) in [5.74, 6) is 0.353. The van der Waals surface area contributed by atoms with Crippen molar-refractivity contribution in [2.24, 2.45) is 0 Å². The van der Waals surface area contributed by atoms with Gasteiger partial charge in [0.15, 0.2) is 0 Å². The Hall–Kier alpha value is -1.55. The van der Waals surface area contributed by atoms with E-state index < -0.39 is 0 Å². The summed E-state index contributed by atoms with van der Waals surface area (Å²) in [4.78, 5) is 11.3. The summed E-state index contributed by atoms with van der Waals surface area (Å²) in [5, 5.41) is 8.58. The first-order chi connectivity index (χ1) is 7.77. The molecule has 0 fully saturated rings. The molecule has 16 heavy (non-hydrogen) atoms. The summed E-state index contributed by atoms with van der Waals surface area (Å²) >= 11 is 0. The molecule has 0 aliphatic heterocycles. The fourth-order valence-electron chi connectivity index (χ4n) is 1.16. The topological polar surface area (TPSA) is 55.8 Å². The molecular weight excluding hydrogens is 208 g/mol. The van der Waals surface area contributed by atoms with E-state index in [1.54, 1.807) is 31.2 Å². The van der Waals surface area contributed by atoms with Crippen molar-refractivity contribution in [1.29, 1.82) is 0 Å². The molecule has 0 saturated carbocycles. The number of aliphatic hydroxyl groups excluding tert-OH is 1. The van der Waals surface area contributed by atoms with Gasteiger partial charge in [-0.05, 0) is 31.2 Å². The van der Waals surface area contributed by atoms with E-state index in [-0.39, 0.29) is 12.6 Å². The highest BCUT2D eigenvalue weighted by atomic mass is 16.5. The number of carbonyl (C=O) groups excluding carboxylic acids is 1. The van der Waals surface area contributed by atoms with Crippen LogP contribution in [0.1, 0.15) is 23.7 Å². The van der Waals surface area contributed by atoms with Crippen molar-refractivity contribution in [3.63, 3.8) is 0 Å². The maximum absolute atomic E-state index is 11.3. The molecular formula is C12H16O4. The van der Waals surface area contributed by atoms with Gasteiger partial charge in [0.1, 0.15) is 5.75 Å². The van der Waals surface area contributed by atoms with Gasteiger partial charge in [0.2, 0.25) is 0 Å². The Labute approximate surface area is 94.8 Å². The number of carbonyl (C=O) groups is 1. The molecule has 88 valence electrons. The third-order valence-corrected chi connectivity index (χ3v) is 1.94. The molecule has 1 rings (SSSR count). The number of esters is 1. The minimum absolute atomic E-state index is 0.112. The quantitative estimate of drug-likeness (QED) is 0.589. The molecule has 0 saturated heterocycles. The lowest BCUT2D eigenvalue weighted by Crippen LogP contribution is -2.04. The Kier molecular flexibility index (Phi) is 5.36. The maximum atomic E-state index is 11.3. The summed E-state index contributed by atoms with van der Waals surface area (Å²) < 4.78 is 10.2. The van der Waals surface area contributed by atoms with Crippen molar-refractivity contribution in [3.8, 4) is 5.75 Å². The Bertz CT molecular complexity index is 318. The zero-order valence-corrected chi connectivity index (χ0v) is 9.31. The van der Waals surface area contributed by atoms with Crippen LogP contribution in [0, 0.1) is 0 Å². The number of rotatable bonds is 6. The van der Waals surface area contributed by atoms with Crippen LogP contribution in [0.4, 0.5) is 0 Å². The predicted octanol–water partition coefficient (Wildman–Crippen LogP) is 1.62. The molecule has 0 spiro atoms. The molecule has 0 amide bonds. The number of hydrogen-bond donors (Lipinski definition) is 1. The second kappa shape index (κ2) is 6.85. The summed E-state index contributed by atoms with van der Waals surface area (Å²) in [6, 6.07) is 6.74. The van der Waals surface area contributed by atoms with Gasteiger partial charge in [-0.3, -0.25) is 0 Å². The van der Waals surface area contributed by atoms with E-state index in [2.05, 4.69) is 0 Å². The van der Waals surface area contributed by atoms with E-state index in [1.165, 1.54) is 0 Å². The van der Waals surface area contributed by atoms with Gasteiger partial charge in [-0.15, -0.1) is 0 Å². The van der Waals surface area contributed by atoms with Gasteiger partial charge in [-0.25, -0.2) is 4.79 Å². The van der Waals surface area contributed by atoms with Gasteiger partial charge in [0, 0.05) is 13.0 Å². The van der Waals surface area contributed by atoms with Crippen LogP contribution in [0.2, 0.25) is 0 Å². The monoisotopic (exact) mass is 224 g/mol. The first-order valence-electron chi connectivity index (χ1n) is 5.28. The average molecular weight is 224 g/mol. The minimum Gasteiger partial charge on any atom is -0.494 e. The molecule has 0 bridgehead atoms. The highest BCUT2D eigenvalue weighted by Crippen LogP contribution is 2.13. The number of ether oxygens (including phenoxy) is 2. The number of benzene rings is 1. The molecule has 0 aromatic heterocycles. The zero-order chi connectivity index (χ0) is 11.8. The number of aliphatic hydroxyl groups is 1. The predicted molar refractivity (Wildman–Crippen MR) is 59.6 cm³/mol. The van der Waals surface area contributed by atoms with Crippen LogP contribution >= 0.6 is 0 Å². The lowest BCUT2D eigenvalue weighted by molar-refractivity contribution is 0.0526. The maximum Gasteiger partial charge on any atom is 0.338 e. The highest BCUT2D eigenvalue weighted by Gasteiger charge is 2.05.